The smallest absolute Gasteiger partial charge is 0.239 e. The van der Waals surface area contributed by atoms with Crippen LogP contribution in [0.3, 0.4) is 0 Å². The number of likely N-dealkylation sites (tertiary alicyclic amines) is 1. The Bertz CT molecular complexity index is 250. The number of carbonyl (C=O) groups excluding carboxylic acids is 1. The van der Waals surface area contributed by atoms with Gasteiger partial charge in [-0.2, -0.15) is 11.8 Å². The average Bonchev–Trinajstić information content (AvgIpc) is 2.34. The Hall–Kier alpha value is -0.260. The topological polar surface area (TPSA) is 49.6 Å². The quantitative estimate of drug-likeness (QED) is 0.786. The highest BCUT2D eigenvalue weighted by molar-refractivity contribution is 7.98. The number of piperidine rings is 1. The number of hydrogen-bond acceptors (Lipinski definition) is 4. The van der Waals surface area contributed by atoms with Gasteiger partial charge in [-0.05, 0) is 44.9 Å². The van der Waals surface area contributed by atoms with Gasteiger partial charge in [0.2, 0.25) is 5.91 Å². The molecule has 0 saturated carbocycles. The molecule has 4 nitrogen and oxygen atoms in total. The average molecular weight is 259 g/mol. The van der Waals surface area contributed by atoms with E-state index in [0.717, 1.165) is 31.7 Å². The van der Waals surface area contributed by atoms with Crippen LogP contribution in [0.2, 0.25) is 0 Å². The Kier molecular flexibility index (Phi) is 6.30. The first-order valence-corrected chi connectivity index (χ1v) is 7.65. The number of nitrogens with two attached hydrogens (primary N) is 1. The molecule has 0 aromatic heterocycles. The van der Waals surface area contributed by atoms with Crippen LogP contribution in [0, 0.1) is 0 Å². The van der Waals surface area contributed by atoms with Crippen molar-refractivity contribution in [2.24, 2.45) is 5.73 Å². The number of carbonyl (C=O) groups is 1. The third-order valence-electron chi connectivity index (χ3n) is 3.45. The highest BCUT2D eigenvalue weighted by Crippen LogP contribution is 2.14. The molecule has 1 unspecified atom stereocenters. The zero-order chi connectivity index (χ0) is 12.8. The molecule has 1 heterocycles. The largest absolute Gasteiger partial charge is 0.340 e. The van der Waals surface area contributed by atoms with Gasteiger partial charge in [0.1, 0.15) is 0 Å². The summed E-state index contributed by atoms with van der Waals surface area (Å²) in [4.78, 5) is 16.3. The van der Waals surface area contributed by atoms with Crippen molar-refractivity contribution >= 4 is 17.7 Å². The Labute approximate surface area is 109 Å². The Balaban J connectivity index is 2.44. The molecule has 1 rings (SSSR count). The van der Waals surface area contributed by atoms with Crippen molar-refractivity contribution in [2.45, 2.75) is 31.3 Å². The molecule has 5 heteroatoms. The molecule has 2 N–H and O–H groups in total. The second-order valence-electron chi connectivity index (χ2n) is 4.90. The number of amides is 1. The molecule has 100 valence electrons. The molecule has 1 saturated heterocycles. The summed E-state index contributed by atoms with van der Waals surface area (Å²) >= 11 is 1.74. The zero-order valence-electron chi connectivity index (χ0n) is 11.2. The van der Waals surface area contributed by atoms with Gasteiger partial charge in [-0.3, -0.25) is 4.79 Å². The van der Waals surface area contributed by atoms with Crippen LogP contribution in [0.25, 0.3) is 0 Å². The predicted molar refractivity (Wildman–Crippen MR) is 74.3 cm³/mol. The minimum absolute atomic E-state index is 0.0966. The number of likely N-dealkylation sites (N-methyl/N-ethyl adjacent to an activating group) is 2. The highest BCUT2D eigenvalue weighted by atomic mass is 32.2. The van der Waals surface area contributed by atoms with Gasteiger partial charge < -0.3 is 15.5 Å². The van der Waals surface area contributed by atoms with Gasteiger partial charge in [0.25, 0.3) is 0 Å². The molecule has 0 aromatic rings. The highest BCUT2D eigenvalue weighted by Gasteiger charge is 2.27. The van der Waals surface area contributed by atoms with Gasteiger partial charge in [0, 0.05) is 19.6 Å². The molecule has 2 atom stereocenters. The molecule has 0 aromatic carbocycles. The molecule has 0 radical (unpaired) electrons. The molecule has 1 aliphatic rings. The van der Waals surface area contributed by atoms with Crippen LogP contribution in [0.4, 0.5) is 0 Å². The standard InChI is InChI=1S/C12H25N3OS/c1-14-7-4-5-10(9-14)15(2)12(16)11(13)6-8-17-3/h10-11H,4-9,13H2,1-3H3/t10?,11-/m1/s1. The monoisotopic (exact) mass is 259 g/mol. The van der Waals surface area contributed by atoms with E-state index in [1.165, 1.54) is 6.42 Å². The number of hydrogen-bond donors (Lipinski definition) is 1. The Morgan fingerprint density at radius 1 is 1.65 bits per heavy atom. The Morgan fingerprint density at radius 2 is 2.35 bits per heavy atom. The minimum Gasteiger partial charge on any atom is -0.340 e. The van der Waals surface area contributed by atoms with Crippen molar-refractivity contribution in [3.63, 3.8) is 0 Å². The second-order valence-corrected chi connectivity index (χ2v) is 5.88. The molecule has 17 heavy (non-hydrogen) atoms. The van der Waals surface area contributed by atoms with Crippen LogP contribution in [0.5, 0.6) is 0 Å². The third-order valence-corrected chi connectivity index (χ3v) is 4.09. The zero-order valence-corrected chi connectivity index (χ0v) is 12.0. The molecule has 1 fully saturated rings. The molecule has 1 aliphatic heterocycles. The fraction of sp³-hybridized carbons (Fsp3) is 0.917. The number of nitrogens with zero attached hydrogens (tertiary/aromatic N) is 2. The normalized spacial score (nSPS) is 23.4. The van der Waals surface area contributed by atoms with E-state index >= 15 is 0 Å². The maximum absolute atomic E-state index is 12.1. The van der Waals surface area contributed by atoms with Gasteiger partial charge in [0.05, 0.1) is 6.04 Å². The molecular weight excluding hydrogens is 234 g/mol. The first kappa shape index (κ1) is 14.8. The van der Waals surface area contributed by atoms with Crippen LogP contribution < -0.4 is 5.73 Å². The summed E-state index contributed by atoms with van der Waals surface area (Å²) in [5.41, 5.74) is 5.93. The van der Waals surface area contributed by atoms with E-state index in [1.807, 2.05) is 18.2 Å². The maximum Gasteiger partial charge on any atom is 0.239 e. The molecule has 1 amide bonds. The lowest BCUT2D eigenvalue weighted by molar-refractivity contribution is -0.134. The minimum atomic E-state index is -0.334. The summed E-state index contributed by atoms with van der Waals surface area (Å²) in [5.74, 6) is 1.05. The summed E-state index contributed by atoms with van der Waals surface area (Å²) in [5, 5.41) is 0. The van der Waals surface area contributed by atoms with Crippen LogP contribution >= 0.6 is 11.8 Å². The second kappa shape index (κ2) is 7.24. The molecule has 0 bridgehead atoms. The van der Waals surface area contributed by atoms with E-state index in [0.29, 0.717) is 6.04 Å². The van der Waals surface area contributed by atoms with Crippen LogP contribution in [0.1, 0.15) is 19.3 Å². The van der Waals surface area contributed by atoms with Crippen molar-refractivity contribution in [2.75, 3.05) is 39.2 Å². The van der Waals surface area contributed by atoms with Gasteiger partial charge >= 0.3 is 0 Å². The van der Waals surface area contributed by atoms with E-state index in [2.05, 4.69) is 11.9 Å². The fourth-order valence-corrected chi connectivity index (χ4v) is 2.75. The molecular formula is C12H25N3OS. The molecule has 0 spiro atoms. The van der Waals surface area contributed by atoms with Crippen molar-refractivity contribution in [1.29, 1.82) is 0 Å². The van der Waals surface area contributed by atoms with E-state index in [9.17, 15) is 4.79 Å². The maximum atomic E-state index is 12.1. The SMILES string of the molecule is CSCC[C@@H](N)C(=O)N(C)C1CCCN(C)C1. The summed E-state index contributed by atoms with van der Waals surface area (Å²) in [6.07, 6.45) is 5.07. The summed E-state index contributed by atoms with van der Waals surface area (Å²) < 4.78 is 0. The lowest BCUT2D eigenvalue weighted by atomic mass is 10.0. The van der Waals surface area contributed by atoms with Crippen molar-refractivity contribution in [1.82, 2.24) is 9.80 Å². The van der Waals surface area contributed by atoms with Crippen molar-refractivity contribution in [3.8, 4) is 0 Å². The van der Waals surface area contributed by atoms with E-state index in [1.54, 1.807) is 11.8 Å². The van der Waals surface area contributed by atoms with Gasteiger partial charge in [0.15, 0.2) is 0 Å². The van der Waals surface area contributed by atoms with Crippen LogP contribution in [0.15, 0.2) is 0 Å². The molecule has 0 aliphatic carbocycles. The first-order chi connectivity index (χ1) is 8.06. The summed E-state index contributed by atoms with van der Waals surface area (Å²) in [7, 11) is 4.00. The van der Waals surface area contributed by atoms with Gasteiger partial charge in [-0.1, -0.05) is 0 Å². The van der Waals surface area contributed by atoms with E-state index in [4.69, 9.17) is 5.73 Å². The van der Waals surface area contributed by atoms with E-state index in [-0.39, 0.29) is 11.9 Å². The first-order valence-electron chi connectivity index (χ1n) is 6.26. The number of rotatable bonds is 5. The third kappa shape index (κ3) is 4.48. The fourth-order valence-electron chi connectivity index (χ4n) is 2.27. The Morgan fingerprint density at radius 3 is 2.94 bits per heavy atom. The van der Waals surface area contributed by atoms with Crippen LogP contribution in [-0.4, -0.2) is 67.0 Å². The predicted octanol–water partition coefficient (Wildman–Crippen LogP) is 0.619. The van der Waals surface area contributed by atoms with E-state index < -0.39 is 0 Å². The van der Waals surface area contributed by atoms with Gasteiger partial charge in [-0.25, -0.2) is 0 Å². The lowest BCUT2D eigenvalue weighted by Crippen LogP contribution is -2.52. The summed E-state index contributed by atoms with van der Waals surface area (Å²) in [6, 6.07) is 0.00117. The number of thioether (sulfide) groups is 1. The lowest BCUT2D eigenvalue weighted by Gasteiger charge is -2.36. The summed E-state index contributed by atoms with van der Waals surface area (Å²) in [6.45, 7) is 2.11. The van der Waals surface area contributed by atoms with Crippen molar-refractivity contribution < 1.29 is 4.79 Å². The van der Waals surface area contributed by atoms with Crippen molar-refractivity contribution in [3.05, 3.63) is 0 Å². The van der Waals surface area contributed by atoms with Gasteiger partial charge in [-0.15, -0.1) is 0 Å². The van der Waals surface area contributed by atoms with Crippen LogP contribution in [-0.2, 0) is 4.79 Å².